The number of rotatable bonds is 2. The molecule has 23 heavy (non-hydrogen) atoms. The van der Waals surface area contributed by atoms with E-state index in [1.165, 1.54) is 18.2 Å². The quantitative estimate of drug-likeness (QED) is 0.810. The fourth-order valence-electron chi connectivity index (χ4n) is 2.16. The molecule has 0 radical (unpaired) electrons. The zero-order valence-electron chi connectivity index (χ0n) is 11.5. The topological polar surface area (TPSA) is 98.3 Å². The van der Waals surface area contributed by atoms with Crippen LogP contribution in [-0.4, -0.2) is 14.3 Å². The van der Waals surface area contributed by atoms with Crippen LogP contribution in [0.1, 0.15) is 0 Å². The summed E-state index contributed by atoms with van der Waals surface area (Å²) in [5, 5.41) is 16.9. The summed E-state index contributed by atoms with van der Waals surface area (Å²) in [6, 6.07) is 12.5. The fraction of sp³-hybridized carbons (Fsp3) is 0. The third-order valence-electron chi connectivity index (χ3n) is 3.21. The summed E-state index contributed by atoms with van der Waals surface area (Å²) in [5.41, 5.74) is 0.547. The maximum absolute atomic E-state index is 12.5. The molecule has 2 aromatic rings. The van der Waals surface area contributed by atoms with Crippen molar-refractivity contribution in [2.75, 3.05) is 10.6 Å². The van der Waals surface area contributed by atoms with Crippen molar-refractivity contribution in [2.24, 2.45) is 0 Å². The van der Waals surface area contributed by atoms with Crippen molar-refractivity contribution in [3.63, 3.8) is 0 Å². The second-order valence-corrected chi connectivity index (χ2v) is 7.51. The number of fused-ring (bicyclic) bond motifs is 1. The molecule has 2 aromatic carbocycles. The molecule has 2 N–H and O–H groups in total. The molecule has 118 valence electrons. The molecule has 0 aliphatic carbocycles. The lowest BCUT2D eigenvalue weighted by atomic mass is 10.3. The van der Waals surface area contributed by atoms with E-state index in [0.29, 0.717) is 5.69 Å². The number of hydrogen-bond acceptors (Lipinski definition) is 5. The van der Waals surface area contributed by atoms with Gasteiger partial charge < -0.3 is 15.7 Å². The number of benzene rings is 2. The van der Waals surface area contributed by atoms with E-state index in [1.807, 2.05) is 0 Å². The summed E-state index contributed by atoms with van der Waals surface area (Å²) in [7, 11) is -4.18. The van der Waals surface area contributed by atoms with Crippen LogP contribution >= 0.6 is 15.9 Å². The normalized spacial score (nSPS) is 15.5. The largest absolute Gasteiger partial charge is 0.859 e. The van der Waals surface area contributed by atoms with Gasteiger partial charge in [-0.25, -0.2) is 8.42 Å². The summed E-state index contributed by atoms with van der Waals surface area (Å²) in [5.74, 6) is -1.92. The van der Waals surface area contributed by atoms with Gasteiger partial charge in [0.05, 0.1) is 10.6 Å². The highest BCUT2D eigenvalue weighted by Gasteiger charge is 2.33. The fourth-order valence-corrected chi connectivity index (χ4v) is 3.90. The molecule has 8 heteroatoms. The zero-order valence-corrected chi connectivity index (χ0v) is 13.9. The molecule has 1 heterocycles. The van der Waals surface area contributed by atoms with Gasteiger partial charge in [0, 0.05) is 10.2 Å². The third-order valence-corrected chi connectivity index (χ3v) is 5.58. The van der Waals surface area contributed by atoms with Crippen molar-refractivity contribution < 1.29 is 18.3 Å². The zero-order chi connectivity index (χ0) is 16.6. The van der Waals surface area contributed by atoms with Gasteiger partial charge in [-0.15, -0.1) is 0 Å². The highest BCUT2D eigenvalue weighted by atomic mass is 79.9. The van der Waals surface area contributed by atoms with Crippen molar-refractivity contribution in [1.82, 2.24) is 0 Å². The molecule has 0 saturated carbocycles. The molecule has 0 spiro atoms. The Morgan fingerprint density at radius 3 is 2.43 bits per heavy atom. The second kappa shape index (κ2) is 5.71. The van der Waals surface area contributed by atoms with Gasteiger partial charge in [-0.2, -0.15) is 0 Å². The van der Waals surface area contributed by atoms with Crippen LogP contribution < -0.4 is 15.7 Å². The number of sulfone groups is 1. The van der Waals surface area contributed by atoms with Gasteiger partial charge in [0.2, 0.25) is 9.84 Å². The number of carbonyl (C=O) groups is 1. The van der Waals surface area contributed by atoms with Gasteiger partial charge in [0.25, 0.3) is 5.91 Å². The predicted octanol–water partition coefficient (Wildman–Crippen LogP) is 1.82. The van der Waals surface area contributed by atoms with Crippen LogP contribution in [0.4, 0.5) is 11.4 Å². The molecule has 0 unspecified atom stereocenters. The highest BCUT2D eigenvalue weighted by Crippen LogP contribution is 2.33. The molecule has 3 rings (SSSR count). The Morgan fingerprint density at radius 1 is 1.09 bits per heavy atom. The van der Waals surface area contributed by atoms with E-state index in [-0.39, 0.29) is 10.6 Å². The van der Waals surface area contributed by atoms with Crippen molar-refractivity contribution in [1.29, 1.82) is 0 Å². The first kappa shape index (κ1) is 15.6. The Kier molecular flexibility index (Phi) is 3.87. The molecule has 1 aliphatic rings. The SMILES string of the molecule is O=C(Nc1ccc(Br)cc1)C1=C([O-])Nc2ccccc2S1(=O)=O. The van der Waals surface area contributed by atoms with Crippen LogP contribution in [0, 0.1) is 0 Å². The van der Waals surface area contributed by atoms with Crippen LogP contribution in [0.5, 0.6) is 0 Å². The maximum Gasteiger partial charge on any atom is 0.268 e. The monoisotopic (exact) mass is 393 g/mol. The Balaban J connectivity index is 1.98. The van der Waals surface area contributed by atoms with Crippen molar-refractivity contribution in [3.8, 4) is 0 Å². The number of hydrogen-bond donors (Lipinski definition) is 2. The van der Waals surface area contributed by atoms with Gasteiger partial charge in [0.1, 0.15) is 4.91 Å². The molecular weight excluding hydrogens is 384 g/mol. The van der Waals surface area contributed by atoms with Crippen LogP contribution in [0.15, 0.2) is 68.7 Å². The number of amides is 1. The number of carbonyl (C=O) groups excluding carboxylic acids is 1. The molecular formula is C15H10BrN2O4S-. The van der Waals surface area contributed by atoms with Crippen LogP contribution in [0.25, 0.3) is 0 Å². The van der Waals surface area contributed by atoms with Gasteiger partial charge in [-0.3, -0.25) is 4.79 Å². The lowest BCUT2D eigenvalue weighted by Crippen LogP contribution is -2.32. The lowest BCUT2D eigenvalue weighted by molar-refractivity contribution is -0.300. The van der Waals surface area contributed by atoms with E-state index in [1.54, 1.807) is 30.3 Å². The molecule has 6 nitrogen and oxygen atoms in total. The maximum atomic E-state index is 12.5. The summed E-state index contributed by atoms with van der Waals surface area (Å²) < 4.78 is 25.9. The average Bonchev–Trinajstić information content (AvgIpc) is 2.49. The summed E-state index contributed by atoms with van der Waals surface area (Å²) >= 11 is 3.26. The summed E-state index contributed by atoms with van der Waals surface area (Å²) in [6.45, 7) is 0. The van der Waals surface area contributed by atoms with Crippen molar-refractivity contribution in [3.05, 3.63) is 63.8 Å². The number of nitrogens with one attached hydrogen (secondary N) is 2. The molecule has 1 amide bonds. The minimum Gasteiger partial charge on any atom is -0.859 e. The number of para-hydroxylation sites is 1. The van der Waals surface area contributed by atoms with Gasteiger partial charge >= 0.3 is 0 Å². The summed E-state index contributed by atoms with van der Waals surface area (Å²) in [4.78, 5) is 11.4. The number of anilines is 2. The molecule has 1 aliphatic heterocycles. The smallest absolute Gasteiger partial charge is 0.268 e. The first-order chi connectivity index (χ1) is 10.9. The van der Waals surface area contributed by atoms with E-state index in [2.05, 4.69) is 26.6 Å². The Labute approximate surface area is 140 Å². The second-order valence-electron chi connectivity index (χ2n) is 4.74. The minimum absolute atomic E-state index is 0.0967. The Hall–Kier alpha value is -2.32. The Morgan fingerprint density at radius 2 is 1.74 bits per heavy atom. The standard InChI is InChI=1S/C15H11BrN2O4S/c16-9-5-7-10(8-6-9)17-14(19)13-15(20)18-11-3-1-2-4-12(11)23(13,21)22/h1-8,18,20H,(H,17,19)/p-1. The molecule has 0 atom stereocenters. The predicted molar refractivity (Wildman–Crippen MR) is 87.0 cm³/mol. The number of halogens is 1. The molecule has 0 bridgehead atoms. The van der Waals surface area contributed by atoms with Crippen LogP contribution in [0.3, 0.4) is 0 Å². The van der Waals surface area contributed by atoms with Gasteiger partial charge in [-0.1, -0.05) is 28.1 Å². The first-order valence-corrected chi connectivity index (χ1v) is 8.76. The van der Waals surface area contributed by atoms with Crippen molar-refractivity contribution in [2.45, 2.75) is 4.90 Å². The van der Waals surface area contributed by atoms with Crippen LogP contribution in [0.2, 0.25) is 0 Å². The van der Waals surface area contributed by atoms with Crippen molar-refractivity contribution >= 4 is 43.0 Å². The molecule has 0 fully saturated rings. The summed E-state index contributed by atoms with van der Waals surface area (Å²) in [6.07, 6.45) is 0. The third kappa shape index (κ3) is 2.82. The Bertz CT molecular complexity index is 921. The van der Waals surface area contributed by atoms with E-state index in [4.69, 9.17) is 0 Å². The average molecular weight is 394 g/mol. The first-order valence-electron chi connectivity index (χ1n) is 6.49. The van der Waals surface area contributed by atoms with E-state index < -0.39 is 26.5 Å². The highest BCUT2D eigenvalue weighted by molar-refractivity contribution is 9.10. The van der Waals surface area contributed by atoms with Crippen LogP contribution in [-0.2, 0) is 14.6 Å². The van der Waals surface area contributed by atoms with E-state index in [9.17, 15) is 18.3 Å². The minimum atomic E-state index is -4.18. The van der Waals surface area contributed by atoms with Gasteiger partial charge in [0.15, 0.2) is 0 Å². The van der Waals surface area contributed by atoms with E-state index >= 15 is 0 Å². The van der Waals surface area contributed by atoms with E-state index in [0.717, 1.165) is 4.47 Å². The molecule has 0 aromatic heterocycles. The lowest BCUT2D eigenvalue weighted by Gasteiger charge is -2.27. The van der Waals surface area contributed by atoms with Gasteiger partial charge in [-0.05, 0) is 42.3 Å². The molecule has 0 saturated heterocycles.